The highest BCUT2D eigenvalue weighted by atomic mass is 32.1. The predicted molar refractivity (Wildman–Crippen MR) is 74.1 cm³/mol. The molecule has 2 heterocycles. The third kappa shape index (κ3) is 1.85. The average Bonchev–Trinajstić information content (AvgIpc) is 2.68. The molecule has 0 radical (unpaired) electrons. The molecule has 1 atom stereocenters. The maximum absolute atomic E-state index is 12.6. The van der Waals surface area contributed by atoms with Gasteiger partial charge in [0.2, 0.25) is 6.35 Å². The van der Waals surface area contributed by atoms with Crippen LogP contribution in [0, 0.1) is 6.92 Å². The number of fused-ring (bicyclic) bond motifs is 1. The summed E-state index contributed by atoms with van der Waals surface area (Å²) in [6.07, 6.45) is 1.29. The summed E-state index contributed by atoms with van der Waals surface area (Å²) in [5, 5.41) is 13.6. The van der Waals surface area contributed by atoms with Crippen molar-refractivity contribution < 1.29 is 19.4 Å². The van der Waals surface area contributed by atoms with Crippen molar-refractivity contribution >= 4 is 28.5 Å². The van der Waals surface area contributed by atoms with Crippen LogP contribution in [-0.2, 0) is 4.74 Å². The van der Waals surface area contributed by atoms with Gasteiger partial charge in [-0.15, -0.1) is 11.3 Å². The number of aldehydes is 1. The van der Waals surface area contributed by atoms with E-state index >= 15 is 0 Å². The van der Waals surface area contributed by atoms with Gasteiger partial charge in [-0.25, -0.2) is 0 Å². The molecule has 6 nitrogen and oxygen atoms in total. The number of carbonyl (C=O) groups is 2. The lowest BCUT2D eigenvalue weighted by Crippen LogP contribution is -2.58. The Morgan fingerprint density at radius 1 is 1.50 bits per heavy atom. The molecule has 7 heteroatoms. The van der Waals surface area contributed by atoms with Gasteiger partial charge in [-0.05, 0) is 25.3 Å². The zero-order chi connectivity index (χ0) is 14.4. The van der Waals surface area contributed by atoms with Crippen LogP contribution in [0.15, 0.2) is 0 Å². The summed E-state index contributed by atoms with van der Waals surface area (Å²) < 4.78 is 5.21. The van der Waals surface area contributed by atoms with E-state index in [1.54, 1.807) is 14.0 Å². The number of methoxy groups -OCH3 is 1. The zero-order valence-corrected chi connectivity index (χ0v) is 12.1. The first-order valence-corrected chi connectivity index (χ1v) is 7.27. The van der Waals surface area contributed by atoms with Crippen LogP contribution >= 0.6 is 11.3 Å². The van der Waals surface area contributed by atoms with Gasteiger partial charge in [0.05, 0.1) is 16.5 Å². The maximum atomic E-state index is 12.6. The molecule has 0 spiro atoms. The van der Waals surface area contributed by atoms with Crippen molar-refractivity contribution in [1.29, 1.82) is 0 Å². The molecule has 1 unspecified atom stereocenters. The van der Waals surface area contributed by atoms with Gasteiger partial charge in [0.1, 0.15) is 5.00 Å². The molecular weight excluding hydrogens is 280 g/mol. The topological polar surface area (TPSA) is 78.9 Å². The minimum Gasteiger partial charge on any atom is -0.381 e. The molecular formula is C13H16N2O4S. The molecule has 1 aliphatic carbocycles. The molecule has 0 saturated heterocycles. The van der Waals surface area contributed by atoms with Gasteiger partial charge in [-0.1, -0.05) is 0 Å². The summed E-state index contributed by atoms with van der Waals surface area (Å²) in [7, 11) is 1.64. The average molecular weight is 296 g/mol. The van der Waals surface area contributed by atoms with Gasteiger partial charge in [-0.2, -0.15) is 0 Å². The van der Waals surface area contributed by atoms with E-state index in [0.29, 0.717) is 21.0 Å². The van der Waals surface area contributed by atoms with Crippen molar-refractivity contribution in [3.05, 3.63) is 16.0 Å². The van der Waals surface area contributed by atoms with Crippen LogP contribution in [0.5, 0.6) is 0 Å². The number of nitrogens with zero attached hydrogens (tertiary/aromatic N) is 1. The lowest BCUT2D eigenvalue weighted by molar-refractivity contribution is -0.0665. The molecule has 0 aromatic carbocycles. The third-order valence-corrected chi connectivity index (χ3v) is 5.21. The number of ether oxygens (including phenoxy) is 1. The summed E-state index contributed by atoms with van der Waals surface area (Å²) in [5.74, 6) is -0.215. The van der Waals surface area contributed by atoms with Gasteiger partial charge in [0.15, 0.2) is 6.29 Å². The minimum absolute atomic E-state index is 0.0259. The van der Waals surface area contributed by atoms with Crippen molar-refractivity contribution in [2.45, 2.75) is 38.3 Å². The maximum Gasteiger partial charge on any atom is 0.260 e. The van der Waals surface area contributed by atoms with E-state index in [4.69, 9.17) is 4.74 Å². The molecule has 3 rings (SSSR count). The number of nitrogens with one attached hydrogen (secondary N) is 1. The molecule has 1 fully saturated rings. The number of anilines is 1. The molecule has 1 aromatic rings. The molecule has 1 aliphatic heterocycles. The Balaban J connectivity index is 1.90. The van der Waals surface area contributed by atoms with Gasteiger partial charge in [-0.3, -0.25) is 14.5 Å². The SMILES string of the molecule is COC1CC(N2C(=O)c3c(sc(C=O)c3C)NC2O)C1. The van der Waals surface area contributed by atoms with Gasteiger partial charge in [0, 0.05) is 13.2 Å². The van der Waals surface area contributed by atoms with E-state index < -0.39 is 6.35 Å². The van der Waals surface area contributed by atoms with Crippen molar-refractivity contribution in [1.82, 2.24) is 4.90 Å². The second-order valence-corrected chi connectivity index (χ2v) is 6.18. The zero-order valence-electron chi connectivity index (χ0n) is 11.3. The molecule has 1 aromatic heterocycles. The molecule has 2 aliphatic rings. The monoisotopic (exact) mass is 296 g/mol. The lowest BCUT2D eigenvalue weighted by Gasteiger charge is -2.45. The Kier molecular flexibility index (Phi) is 3.27. The largest absolute Gasteiger partial charge is 0.381 e. The molecule has 2 N–H and O–H groups in total. The Morgan fingerprint density at radius 3 is 2.80 bits per heavy atom. The standard InChI is InChI=1S/C13H16N2O4S/c1-6-9(5-16)20-11-10(6)12(17)15(13(18)14-11)7-3-8(4-7)19-2/h5,7-8,13-14,18H,3-4H2,1-2H3. The van der Waals surface area contributed by atoms with Crippen molar-refractivity contribution in [2.75, 3.05) is 12.4 Å². The highest BCUT2D eigenvalue weighted by Gasteiger charge is 2.43. The number of aliphatic hydroxyl groups excluding tert-OH is 1. The predicted octanol–water partition coefficient (Wildman–Crippen LogP) is 1.19. The molecule has 108 valence electrons. The highest BCUT2D eigenvalue weighted by molar-refractivity contribution is 7.18. The van der Waals surface area contributed by atoms with E-state index in [2.05, 4.69) is 5.32 Å². The fourth-order valence-electron chi connectivity index (χ4n) is 2.75. The van der Waals surface area contributed by atoms with E-state index in [-0.39, 0.29) is 18.1 Å². The quantitative estimate of drug-likeness (QED) is 0.819. The van der Waals surface area contributed by atoms with Crippen LogP contribution in [0.4, 0.5) is 5.00 Å². The summed E-state index contributed by atoms with van der Waals surface area (Å²) in [6.45, 7) is 1.76. The number of hydrogen-bond acceptors (Lipinski definition) is 6. The normalized spacial score (nSPS) is 28.6. The summed E-state index contributed by atoms with van der Waals surface area (Å²) in [4.78, 5) is 25.5. The molecule has 20 heavy (non-hydrogen) atoms. The number of rotatable bonds is 3. The van der Waals surface area contributed by atoms with Crippen LogP contribution < -0.4 is 5.32 Å². The van der Waals surface area contributed by atoms with Crippen molar-refractivity contribution in [3.8, 4) is 0 Å². The highest BCUT2D eigenvalue weighted by Crippen LogP contribution is 2.39. The number of hydrogen-bond donors (Lipinski definition) is 2. The van der Waals surface area contributed by atoms with Crippen LogP contribution in [0.1, 0.15) is 38.4 Å². The van der Waals surface area contributed by atoms with Crippen LogP contribution in [0.3, 0.4) is 0 Å². The van der Waals surface area contributed by atoms with Crippen molar-refractivity contribution in [2.24, 2.45) is 0 Å². The number of carbonyl (C=O) groups excluding carboxylic acids is 2. The van der Waals surface area contributed by atoms with Gasteiger partial charge in [0.25, 0.3) is 5.91 Å². The fourth-order valence-corrected chi connectivity index (χ4v) is 3.78. The first kappa shape index (κ1) is 13.5. The number of aliphatic hydroxyl groups is 1. The molecule has 1 amide bonds. The first-order chi connectivity index (χ1) is 9.56. The van der Waals surface area contributed by atoms with E-state index in [9.17, 15) is 14.7 Å². The third-order valence-electron chi connectivity index (χ3n) is 4.06. The van der Waals surface area contributed by atoms with Crippen LogP contribution in [0.25, 0.3) is 0 Å². The summed E-state index contributed by atoms with van der Waals surface area (Å²) >= 11 is 1.20. The minimum atomic E-state index is -1.05. The van der Waals surface area contributed by atoms with E-state index in [1.165, 1.54) is 16.2 Å². The number of amides is 1. The fraction of sp³-hybridized carbons (Fsp3) is 0.538. The lowest BCUT2D eigenvalue weighted by atomic mass is 9.87. The van der Waals surface area contributed by atoms with E-state index in [1.807, 2.05) is 0 Å². The Morgan fingerprint density at radius 2 is 2.20 bits per heavy atom. The van der Waals surface area contributed by atoms with Gasteiger partial charge >= 0.3 is 0 Å². The number of thiophene rings is 1. The van der Waals surface area contributed by atoms with Crippen LogP contribution in [-0.4, -0.2) is 47.8 Å². The Bertz CT molecular complexity index is 565. The first-order valence-electron chi connectivity index (χ1n) is 6.45. The summed E-state index contributed by atoms with van der Waals surface area (Å²) in [5.41, 5.74) is 1.18. The molecule has 0 bridgehead atoms. The second-order valence-electron chi connectivity index (χ2n) is 5.13. The van der Waals surface area contributed by atoms with Crippen LogP contribution in [0.2, 0.25) is 0 Å². The van der Waals surface area contributed by atoms with Crippen molar-refractivity contribution in [3.63, 3.8) is 0 Å². The summed E-state index contributed by atoms with van der Waals surface area (Å²) in [6, 6.07) is -0.0259. The van der Waals surface area contributed by atoms with E-state index in [0.717, 1.165) is 19.1 Å². The second kappa shape index (κ2) is 4.83. The molecule has 1 saturated carbocycles. The smallest absolute Gasteiger partial charge is 0.260 e. The Labute approximate surface area is 120 Å². The van der Waals surface area contributed by atoms with Gasteiger partial charge < -0.3 is 15.2 Å². The Hall–Kier alpha value is -1.44.